The van der Waals surface area contributed by atoms with Crippen molar-refractivity contribution < 1.29 is 4.74 Å². The molecule has 2 aromatic carbocycles. The first-order valence-electron chi connectivity index (χ1n) is 7.80. The molecule has 1 aromatic heterocycles. The van der Waals surface area contributed by atoms with Crippen LogP contribution in [0.15, 0.2) is 54.9 Å². The first-order valence-corrected chi connectivity index (χ1v) is 8.18. The molecule has 0 radical (unpaired) electrons. The number of halogens is 1. The lowest BCUT2D eigenvalue weighted by atomic mass is 9.93. The lowest BCUT2D eigenvalue weighted by molar-refractivity contribution is 0.380. The third-order valence-electron chi connectivity index (χ3n) is 4.40. The fourth-order valence-corrected chi connectivity index (χ4v) is 3.36. The van der Waals surface area contributed by atoms with Crippen LogP contribution < -0.4 is 10.1 Å². The number of para-hydroxylation sites is 1. The van der Waals surface area contributed by atoms with Crippen molar-refractivity contribution in [1.29, 1.82) is 0 Å². The molecule has 0 unspecified atom stereocenters. The summed E-state index contributed by atoms with van der Waals surface area (Å²) in [6.07, 6.45) is 2.42. The minimum atomic E-state index is 0.0561. The molecule has 1 N–H and O–H groups in total. The number of anilines is 1. The second kappa shape index (κ2) is 6.17. The molecule has 0 aliphatic carbocycles. The quantitative estimate of drug-likeness (QED) is 0.780. The van der Waals surface area contributed by atoms with Crippen LogP contribution in [0, 0.1) is 0 Å². The van der Waals surface area contributed by atoms with Gasteiger partial charge in [0, 0.05) is 10.6 Å². The largest absolute Gasteiger partial charge is 0.496 e. The second-order valence-electron chi connectivity index (χ2n) is 5.77. The zero-order valence-electron chi connectivity index (χ0n) is 13.2. The van der Waals surface area contributed by atoms with Crippen molar-refractivity contribution in [2.24, 2.45) is 0 Å². The van der Waals surface area contributed by atoms with E-state index < -0.39 is 0 Å². The summed E-state index contributed by atoms with van der Waals surface area (Å²) in [5.74, 6) is 1.62. The number of ether oxygens (including phenoxy) is 1. The SMILES string of the molecule is COc1ccccc1[C@@H]1C[C@H](c2ccc(Cl)cc2)Nc2ncnn21. The van der Waals surface area contributed by atoms with Gasteiger partial charge in [0.2, 0.25) is 5.95 Å². The highest BCUT2D eigenvalue weighted by atomic mass is 35.5. The van der Waals surface area contributed by atoms with Crippen LogP contribution in [0.3, 0.4) is 0 Å². The Hall–Kier alpha value is -2.53. The Morgan fingerprint density at radius 3 is 2.75 bits per heavy atom. The minimum Gasteiger partial charge on any atom is -0.496 e. The van der Waals surface area contributed by atoms with Crippen molar-refractivity contribution in [1.82, 2.24) is 14.8 Å². The molecular weight excluding hydrogens is 324 g/mol. The van der Waals surface area contributed by atoms with Crippen molar-refractivity contribution in [2.45, 2.75) is 18.5 Å². The summed E-state index contributed by atoms with van der Waals surface area (Å²) in [5, 5.41) is 8.59. The van der Waals surface area contributed by atoms with Gasteiger partial charge in [-0.1, -0.05) is 41.9 Å². The van der Waals surface area contributed by atoms with E-state index in [9.17, 15) is 0 Å². The van der Waals surface area contributed by atoms with Gasteiger partial charge in [-0.25, -0.2) is 4.68 Å². The Morgan fingerprint density at radius 2 is 1.96 bits per heavy atom. The molecule has 4 rings (SSSR count). The third kappa shape index (κ3) is 2.61. The molecule has 1 aliphatic heterocycles. The predicted molar refractivity (Wildman–Crippen MR) is 93.6 cm³/mol. The molecule has 0 saturated carbocycles. The molecule has 0 saturated heterocycles. The molecule has 3 aromatic rings. The molecule has 6 heteroatoms. The fourth-order valence-electron chi connectivity index (χ4n) is 3.23. The summed E-state index contributed by atoms with van der Waals surface area (Å²) in [6.45, 7) is 0. The topological polar surface area (TPSA) is 52.0 Å². The zero-order chi connectivity index (χ0) is 16.5. The summed E-state index contributed by atoms with van der Waals surface area (Å²) in [6, 6.07) is 16.2. The Kier molecular flexibility index (Phi) is 3.86. The number of nitrogens with zero attached hydrogens (tertiary/aromatic N) is 3. The van der Waals surface area contributed by atoms with Crippen LogP contribution in [0.2, 0.25) is 5.02 Å². The van der Waals surface area contributed by atoms with Crippen LogP contribution in [0.4, 0.5) is 5.95 Å². The molecule has 0 bridgehead atoms. The number of methoxy groups -OCH3 is 1. The number of rotatable bonds is 3. The van der Waals surface area contributed by atoms with Crippen LogP contribution in [0.1, 0.15) is 29.6 Å². The average molecular weight is 341 g/mol. The maximum absolute atomic E-state index is 6.01. The van der Waals surface area contributed by atoms with Gasteiger partial charge in [0.25, 0.3) is 0 Å². The van der Waals surface area contributed by atoms with Gasteiger partial charge in [-0.2, -0.15) is 10.1 Å². The van der Waals surface area contributed by atoms with Gasteiger partial charge >= 0.3 is 0 Å². The summed E-state index contributed by atoms with van der Waals surface area (Å²) < 4.78 is 7.47. The van der Waals surface area contributed by atoms with Gasteiger partial charge in [-0.15, -0.1) is 0 Å². The number of fused-ring (bicyclic) bond motifs is 1. The number of aromatic nitrogens is 3. The van der Waals surface area contributed by atoms with Crippen LogP contribution in [-0.4, -0.2) is 21.9 Å². The first-order chi connectivity index (χ1) is 11.8. The summed E-state index contributed by atoms with van der Waals surface area (Å²) in [7, 11) is 1.69. The van der Waals surface area contributed by atoms with Gasteiger partial charge < -0.3 is 10.1 Å². The van der Waals surface area contributed by atoms with Gasteiger partial charge in [0.15, 0.2) is 0 Å². The van der Waals surface area contributed by atoms with E-state index in [1.807, 2.05) is 47.1 Å². The van der Waals surface area contributed by atoms with E-state index in [0.29, 0.717) is 0 Å². The lowest BCUT2D eigenvalue weighted by Crippen LogP contribution is -2.28. The second-order valence-corrected chi connectivity index (χ2v) is 6.21. The molecule has 0 fully saturated rings. The highest BCUT2D eigenvalue weighted by Gasteiger charge is 2.31. The lowest BCUT2D eigenvalue weighted by Gasteiger charge is -2.32. The summed E-state index contributed by atoms with van der Waals surface area (Å²) in [5.41, 5.74) is 2.28. The van der Waals surface area contributed by atoms with E-state index in [0.717, 1.165) is 28.7 Å². The van der Waals surface area contributed by atoms with Crippen LogP contribution in [0.5, 0.6) is 5.75 Å². The Balaban J connectivity index is 1.75. The van der Waals surface area contributed by atoms with Crippen molar-refractivity contribution in [3.8, 4) is 5.75 Å². The molecule has 122 valence electrons. The predicted octanol–water partition coefficient (Wildman–Crippen LogP) is 4.09. The molecule has 24 heavy (non-hydrogen) atoms. The fraction of sp³-hybridized carbons (Fsp3) is 0.222. The van der Waals surface area contributed by atoms with Gasteiger partial charge in [0.05, 0.1) is 19.2 Å². The van der Waals surface area contributed by atoms with E-state index in [4.69, 9.17) is 16.3 Å². The number of hydrogen-bond donors (Lipinski definition) is 1. The summed E-state index contributed by atoms with van der Waals surface area (Å²) in [4.78, 5) is 4.36. The maximum atomic E-state index is 6.01. The van der Waals surface area contributed by atoms with Crippen molar-refractivity contribution >= 4 is 17.5 Å². The van der Waals surface area contributed by atoms with Crippen molar-refractivity contribution in [3.63, 3.8) is 0 Å². The van der Waals surface area contributed by atoms with Gasteiger partial charge in [-0.3, -0.25) is 0 Å². The Bertz CT molecular complexity index is 846. The van der Waals surface area contributed by atoms with Crippen molar-refractivity contribution in [2.75, 3.05) is 12.4 Å². The molecule has 0 spiro atoms. The normalized spacial score (nSPS) is 19.4. The monoisotopic (exact) mass is 340 g/mol. The zero-order valence-corrected chi connectivity index (χ0v) is 13.9. The van der Waals surface area contributed by atoms with E-state index in [2.05, 4.69) is 21.5 Å². The summed E-state index contributed by atoms with van der Waals surface area (Å²) >= 11 is 6.01. The smallest absolute Gasteiger partial charge is 0.222 e. The minimum absolute atomic E-state index is 0.0561. The Morgan fingerprint density at radius 1 is 1.17 bits per heavy atom. The first kappa shape index (κ1) is 15.0. The van der Waals surface area contributed by atoms with E-state index in [-0.39, 0.29) is 12.1 Å². The molecular formula is C18H17ClN4O. The number of benzene rings is 2. The number of hydrogen-bond acceptors (Lipinski definition) is 4. The standard InChI is InChI=1S/C18H17ClN4O/c1-24-17-5-3-2-4-14(17)16-10-15(12-6-8-13(19)9-7-12)22-18-20-11-21-23(16)18/h2-9,11,15-16H,10H2,1H3,(H,20,21,22)/t15-,16+/m1/s1. The van der Waals surface area contributed by atoms with Crippen LogP contribution in [0.25, 0.3) is 0 Å². The number of nitrogens with one attached hydrogen (secondary N) is 1. The average Bonchev–Trinajstić information content (AvgIpc) is 3.10. The Labute approximate surface area is 145 Å². The molecule has 5 nitrogen and oxygen atoms in total. The van der Waals surface area contributed by atoms with Crippen LogP contribution in [-0.2, 0) is 0 Å². The van der Waals surface area contributed by atoms with Gasteiger partial charge in [0.1, 0.15) is 12.1 Å². The molecule has 0 amide bonds. The van der Waals surface area contributed by atoms with E-state index in [1.165, 1.54) is 5.56 Å². The molecule has 1 aliphatic rings. The highest BCUT2D eigenvalue weighted by Crippen LogP contribution is 2.40. The molecule has 2 heterocycles. The van der Waals surface area contributed by atoms with Crippen LogP contribution >= 0.6 is 11.6 Å². The van der Waals surface area contributed by atoms with E-state index in [1.54, 1.807) is 13.4 Å². The maximum Gasteiger partial charge on any atom is 0.222 e. The van der Waals surface area contributed by atoms with E-state index >= 15 is 0 Å². The third-order valence-corrected chi connectivity index (χ3v) is 4.65. The van der Waals surface area contributed by atoms with Gasteiger partial charge in [-0.05, 0) is 30.2 Å². The molecule has 2 atom stereocenters. The van der Waals surface area contributed by atoms with Crippen molar-refractivity contribution in [3.05, 3.63) is 71.0 Å². The highest BCUT2D eigenvalue weighted by molar-refractivity contribution is 6.30.